The SMILES string of the molecule is Cc1cc(S(=O)(=O)N2CC(=O)NC(=O)C2)cc(N)c1C. The number of aryl methyl sites for hydroxylation is 1. The van der Waals surface area contributed by atoms with E-state index in [-0.39, 0.29) is 18.0 Å². The van der Waals surface area contributed by atoms with Crippen LogP contribution in [0.4, 0.5) is 5.69 Å². The molecule has 1 aromatic rings. The van der Waals surface area contributed by atoms with E-state index in [1.54, 1.807) is 13.8 Å². The van der Waals surface area contributed by atoms with E-state index in [1.807, 2.05) is 0 Å². The second-order valence-electron chi connectivity index (χ2n) is 4.70. The Morgan fingerprint density at radius 1 is 1.15 bits per heavy atom. The maximum absolute atomic E-state index is 12.4. The maximum atomic E-state index is 12.4. The zero-order chi connectivity index (χ0) is 15.1. The van der Waals surface area contributed by atoms with Gasteiger partial charge in [-0.3, -0.25) is 14.9 Å². The van der Waals surface area contributed by atoms with Crippen molar-refractivity contribution in [2.24, 2.45) is 0 Å². The van der Waals surface area contributed by atoms with Crippen molar-refractivity contribution in [3.05, 3.63) is 23.3 Å². The molecule has 0 saturated carbocycles. The van der Waals surface area contributed by atoms with Gasteiger partial charge in [0.2, 0.25) is 21.8 Å². The van der Waals surface area contributed by atoms with Gasteiger partial charge in [-0.2, -0.15) is 4.31 Å². The zero-order valence-corrected chi connectivity index (χ0v) is 12.0. The molecule has 0 radical (unpaired) electrons. The van der Waals surface area contributed by atoms with Crippen molar-refractivity contribution in [3.63, 3.8) is 0 Å². The van der Waals surface area contributed by atoms with Crippen LogP contribution in [0.3, 0.4) is 0 Å². The summed E-state index contributed by atoms with van der Waals surface area (Å²) in [5, 5.41) is 2.06. The number of anilines is 1. The predicted octanol–water partition coefficient (Wildman–Crippen LogP) is -0.467. The van der Waals surface area contributed by atoms with Gasteiger partial charge < -0.3 is 5.73 Å². The summed E-state index contributed by atoms with van der Waals surface area (Å²) in [7, 11) is -3.92. The zero-order valence-electron chi connectivity index (χ0n) is 11.1. The smallest absolute Gasteiger partial charge is 0.244 e. The maximum Gasteiger partial charge on any atom is 0.244 e. The van der Waals surface area contributed by atoms with Gasteiger partial charge in [-0.05, 0) is 37.1 Å². The number of nitrogens with zero attached hydrogens (tertiary/aromatic N) is 1. The highest BCUT2D eigenvalue weighted by molar-refractivity contribution is 7.89. The monoisotopic (exact) mass is 297 g/mol. The van der Waals surface area contributed by atoms with Crippen LogP contribution >= 0.6 is 0 Å². The fourth-order valence-corrected chi connectivity index (χ4v) is 3.41. The highest BCUT2D eigenvalue weighted by Crippen LogP contribution is 2.24. The summed E-state index contributed by atoms with van der Waals surface area (Å²) in [6, 6.07) is 2.83. The Hall–Kier alpha value is -1.93. The average molecular weight is 297 g/mol. The molecule has 1 aliphatic heterocycles. The summed E-state index contributed by atoms with van der Waals surface area (Å²) in [5.74, 6) is -1.27. The number of hydrogen-bond acceptors (Lipinski definition) is 5. The molecule has 0 aliphatic carbocycles. The lowest BCUT2D eigenvalue weighted by molar-refractivity contribution is -0.134. The van der Waals surface area contributed by atoms with E-state index in [0.29, 0.717) is 5.69 Å². The predicted molar refractivity (Wildman–Crippen MR) is 72.2 cm³/mol. The molecule has 0 spiro atoms. The van der Waals surface area contributed by atoms with Crippen molar-refractivity contribution < 1.29 is 18.0 Å². The van der Waals surface area contributed by atoms with Crippen LogP contribution in [0.2, 0.25) is 0 Å². The van der Waals surface area contributed by atoms with Gasteiger partial charge in [-0.25, -0.2) is 8.42 Å². The number of nitrogens with one attached hydrogen (secondary N) is 1. The topological polar surface area (TPSA) is 110 Å². The molecule has 8 heteroatoms. The summed E-state index contributed by atoms with van der Waals surface area (Å²) in [5.41, 5.74) is 7.67. The van der Waals surface area contributed by atoms with Gasteiger partial charge in [0.05, 0.1) is 18.0 Å². The Labute approximate surface area is 116 Å². The minimum Gasteiger partial charge on any atom is -0.398 e. The molecule has 20 heavy (non-hydrogen) atoms. The highest BCUT2D eigenvalue weighted by atomic mass is 32.2. The number of benzene rings is 1. The Bertz CT molecular complexity index is 658. The molecule has 0 bridgehead atoms. The molecule has 108 valence electrons. The van der Waals surface area contributed by atoms with Crippen molar-refractivity contribution in [2.45, 2.75) is 18.7 Å². The van der Waals surface area contributed by atoms with Gasteiger partial charge in [0.1, 0.15) is 0 Å². The lowest BCUT2D eigenvalue weighted by Gasteiger charge is -2.25. The molecular weight excluding hydrogens is 282 g/mol. The van der Waals surface area contributed by atoms with Crippen LogP contribution in [0.5, 0.6) is 0 Å². The first kappa shape index (κ1) is 14.5. The standard InChI is InChI=1S/C12H15N3O4S/c1-7-3-9(4-10(13)8(7)2)20(18,19)15-5-11(16)14-12(17)6-15/h3-4H,5-6,13H2,1-2H3,(H,14,16,17). The van der Waals surface area contributed by atoms with Crippen LogP contribution in [0.15, 0.2) is 17.0 Å². The molecule has 7 nitrogen and oxygen atoms in total. The van der Waals surface area contributed by atoms with Crippen LogP contribution in [-0.4, -0.2) is 37.6 Å². The Balaban J connectivity index is 2.45. The number of nitrogen functional groups attached to an aromatic ring is 1. The summed E-state index contributed by atoms with van der Waals surface area (Å²) in [6.45, 7) is 2.79. The number of sulfonamides is 1. The molecule has 2 amide bonds. The number of carbonyl (C=O) groups is 2. The first-order chi connectivity index (χ1) is 9.21. The molecular formula is C12H15N3O4S. The van der Waals surface area contributed by atoms with Gasteiger partial charge in [-0.1, -0.05) is 0 Å². The molecule has 2 rings (SSSR count). The average Bonchev–Trinajstić information content (AvgIpc) is 2.34. The number of amides is 2. The number of nitrogens with two attached hydrogens (primary N) is 1. The fraction of sp³-hybridized carbons (Fsp3) is 0.333. The Kier molecular flexibility index (Phi) is 3.53. The second-order valence-corrected chi connectivity index (χ2v) is 6.64. The molecule has 0 unspecified atom stereocenters. The van der Waals surface area contributed by atoms with E-state index in [2.05, 4.69) is 5.32 Å². The van der Waals surface area contributed by atoms with Crippen molar-refractivity contribution in [1.29, 1.82) is 0 Å². The molecule has 1 saturated heterocycles. The van der Waals surface area contributed by atoms with Gasteiger partial charge in [-0.15, -0.1) is 0 Å². The minimum absolute atomic E-state index is 0.0133. The van der Waals surface area contributed by atoms with E-state index < -0.39 is 21.8 Å². The van der Waals surface area contributed by atoms with Gasteiger partial charge >= 0.3 is 0 Å². The first-order valence-electron chi connectivity index (χ1n) is 5.91. The lowest BCUT2D eigenvalue weighted by atomic mass is 10.1. The Morgan fingerprint density at radius 3 is 2.20 bits per heavy atom. The van der Waals surface area contributed by atoms with Crippen LogP contribution in [-0.2, 0) is 19.6 Å². The first-order valence-corrected chi connectivity index (χ1v) is 7.35. The third-order valence-electron chi connectivity index (χ3n) is 3.24. The van der Waals surface area contributed by atoms with E-state index in [0.717, 1.165) is 15.4 Å². The van der Waals surface area contributed by atoms with Gasteiger partial charge in [0, 0.05) is 5.69 Å². The Morgan fingerprint density at radius 2 is 1.70 bits per heavy atom. The van der Waals surface area contributed by atoms with E-state index in [1.165, 1.54) is 12.1 Å². The molecule has 3 N–H and O–H groups in total. The molecule has 0 aromatic heterocycles. The lowest BCUT2D eigenvalue weighted by Crippen LogP contribution is -2.53. The molecule has 1 fully saturated rings. The number of carbonyl (C=O) groups excluding carboxylic acids is 2. The van der Waals surface area contributed by atoms with E-state index in [9.17, 15) is 18.0 Å². The third kappa shape index (κ3) is 2.52. The number of hydrogen-bond donors (Lipinski definition) is 2. The minimum atomic E-state index is -3.92. The van der Waals surface area contributed by atoms with Crippen molar-refractivity contribution in [3.8, 4) is 0 Å². The second kappa shape index (κ2) is 4.88. The normalized spacial score (nSPS) is 17.1. The third-order valence-corrected chi connectivity index (χ3v) is 5.01. The van der Waals surface area contributed by atoms with Crippen molar-refractivity contribution >= 4 is 27.5 Å². The quantitative estimate of drug-likeness (QED) is 0.566. The number of rotatable bonds is 2. The van der Waals surface area contributed by atoms with Gasteiger partial charge in [0.25, 0.3) is 0 Å². The summed E-state index contributed by atoms with van der Waals surface area (Å²) in [4.78, 5) is 22.6. The van der Waals surface area contributed by atoms with E-state index >= 15 is 0 Å². The van der Waals surface area contributed by atoms with Gasteiger partial charge in [0.15, 0.2) is 0 Å². The molecule has 1 aromatic carbocycles. The molecule has 1 aliphatic rings. The van der Waals surface area contributed by atoms with Crippen LogP contribution in [0.25, 0.3) is 0 Å². The largest absolute Gasteiger partial charge is 0.398 e. The van der Waals surface area contributed by atoms with Crippen LogP contribution in [0, 0.1) is 13.8 Å². The fourth-order valence-electron chi connectivity index (χ4n) is 1.93. The van der Waals surface area contributed by atoms with E-state index in [4.69, 9.17) is 5.73 Å². The summed E-state index contributed by atoms with van der Waals surface area (Å²) >= 11 is 0. The highest BCUT2D eigenvalue weighted by Gasteiger charge is 2.33. The van der Waals surface area contributed by atoms with Crippen molar-refractivity contribution in [1.82, 2.24) is 9.62 Å². The number of imide groups is 1. The summed E-state index contributed by atoms with van der Waals surface area (Å²) < 4.78 is 25.7. The van der Waals surface area contributed by atoms with Crippen LogP contribution in [0.1, 0.15) is 11.1 Å². The summed E-state index contributed by atoms with van der Waals surface area (Å²) in [6.07, 6.45) is 0. The molecule has 0 atom stereocenters. The van der Waals surface area contributed by atoms with Crippen molar-refractivity contribution in [2.75, 3.05) is 18.8 Å². The van der Waals surface area contributed by atoms with Crippen LogP contribution < -0.4 is 11.1 Å². The number of piperazine rings is 1. The molecule has 1 heterocycles.